The molecule has 0 heterocycles. The molecule has 1 N–H and O–H groups in total. The van der Waals surface area contributed by atoms with Crippen molar-refractivity contribution in [3.05, 3.63) is 29.3 Å². The van der Waals surface area contributed by atoms with Crippen molar-refractivity contribution in [2.45, 2.75) is 32.1 Å². The third-order valence-electron chi connectivity index (χ3n) is 3.18. The van der Waals surface area contributed by atoms with Crippen LogP contribution in [0.1, 0.15) is 32.1 Å². The van der Waals surface area contributed by atoms with Crippen LogP contribution in [0, 0.1) is 0 Å². The smallest absolute Gasteiger partial charge is 0.303 e. The van der Waals surface area contributed by atoms with Crippen molar-refractivity contribution in [2.75, 3.05) is 20.2 Å². The molecule has 0 atom stereocenters. The average molecular weight is 328 g/mol. The molecule has 0 saturated heterocycles. The number of aliphatic carboxylic acids is 1. The number of carbonyl (C=O) groups excluding carboxylic acids is 1. The van der Waals surface area contributed by atoms with Gasteiger partial charge in [0.25, 0.3) is 0 Å². The third kappa shape index (κ3) is 7.88. The van der Waals surface area contributed by atoms with E-state index in [0.29, 0.717) is 37.4 Å². The molecule has 1 aromatic carbocycles. The lowest BCUT2D eigenvalue weighted by atomic mass is 10.2. The van der Waals surface area contributed by atoms with Crippen molar-refractivity contribution in [1.82, 2.24) is 4.90 Å². The molecule has 0 unspecified atom stereocenters. The first-order valence-electron chi connectivity index (χ1n) is 7.33. The van der Waals surface area contributed by atoms with E-state index in [1.165, 1.54) is 0 Å². The molecule has 0 saturated carbocycles. The summed E-state index contributed by atoms with van der Waals surface area (Å²) in [4.78, 5) is 23.8. The normalized spacial score (nSPS) is 10.3. The highest BCUT2D eigenvalue weighted by molar-refractivity contribution is 6.30. The molecule has 0 aliphatic heterocycles. The summed E-state index contributed by atoms with van der Waals surface area (Å²) in [5, 5.41) is 9.19. The largest absolute Gasteiger partial charge is 0.494 e. The van der Waals surface area contributed by atoms with Gasteiger partial charge < -0.3 is 14.7 Å². The van der Waals surface area contributed by atoms with Gasteiger partial charge in [0.1, 0.15) is 5.75 Å². The standard InChI is InChI=1S/C16H22ClNO4/c1-18(15(19)5-2-3-6-16(20)21)11-4-12-22-14-9-7-13(17)8-10-14/h7-10H,2-6,11-12H2,1H3,(H,20,21). The number of rotatable bonds is 10. The van der Waals surface area contributed by atoms with Crippen LogP contribution < -0.4 is 4.74 Å². The number of hydrogen-bond donors (Lipinski definition) is 1. The quantitative estimate of drug-likeness (QED) is 0.670. The SMILES string of the molecule is CN(CCCOc1ccc(Cl)cc1)C(=O)CCCCC(=O)O. The van der Waals surface area contributed by atoms with E-state index < -0.39 is 5.97 Å². The van der Waals surface area contributed by atoms with Gasteiger partial charge in [-0.2, -0.15) is 0 Å². The van der Waals surface area contributed by atoms with Gasteiger partial charge in [0.15, 0.2) is 0 Å². The molecule has 0 bridgehead atoms. The molecule has 1 aromatic rings. The lowest BCUT2D eigenvalue weighted by Crippen LogP contribution is -2.28. The van der Waals surface area contributed by atoms with E-state index in [4.69, 9.17) is 21.4 Å². The van der Waals surface area contributed by atoms with Gasteiger partial charge in [-0.15, -0.1) is 0 Å². The maximum Gasteiger partial charge on any atom is 0.303 e. The summed E-state index contributed by atoms with van der Waals surface area (Å²) in [6.07, 6.45) is 2.39. The topological polar surface area (TPSA) is 66.8 Å². The predicted molar refractivity (Wildman–Crippen MR) is 85.3 cm³/mol. The Bertz CT molecular complexity index is 476. The Morgan fingerprint density at radius 2 is 1.77 bits per heavy atom. The van der Waals surface area contributed by atoms with Crippen molar-refractivity contribution in [1.29, 1.82) is 0 Å². The number of halogens is 1. The molecule has 6 heteroatoms. The Morgan fingerprint density at radius 1 is 1.14 bits per heavy atom. The summed E-state index contributed by atoms with van der Waals surface area (Å²) in [5.41, 5.74) is 0. The molecule has 5 nitrogen and oxygen atoms in total. The lowest BCUT2D eigenvalue weighted by Gasteiger charge is -2.17. The number of unbranched alkanes of at least 4 members (excludes halogenated alkanes) is 1. The zero-order chi connectivity index (χ0) is 16.4. The summed E-state index contributed by atoms with van der Waals surface area (Å²) in [6.45, 7) is 1.14. The highest BCUT2D eigenvalue weighted by Crippen LogP contribution is 2.15. The second kappa shape index (κ2) is 10.1. The first-order valence-corrected chi connectivity index (χ1v) is 7.71. The van der Waals surface area contributed by atoms with Crippen LogP contribution in [0.25, 0.3) is 0 Å². The van der Waals surface area contributed by atoms with Crippen LogP contribution in [0.4, 0.5) is 0 Å². The van der Waals surface area contributed by atoms with Gasteiger partial charge in [0, 0.05) is 31.5 Å². The van der Waals surface area contributed by atoms with Crippen LogP contribution in [0.2, 0.25) is 5.02 Å². The number of carboxylic acids is 1. The molecule has 122 valence electrons. The zero-order valence-electron chi connectivity index (χ0n) is 12.8. The van der Waals surface area contributed by atoms with E-state index in [-0.39, 0.29) is 12.3 Å². The van der Waals surface area contributed by atoms with Crippen molar-refractivity contribution >= 4 is 23.5 Å². The molecule has 1 rings (SSSR count). The molecule has 0 radical (unpaired) electrons. The second-order valence-electron chi connectivity index (χ2n) is 5.07. The number of carbonyl (C=O) groups is 2. The van der Waals surface area contributed by atoms with Gasteiger partial charge in [-0.3, -0.25) is 9.59 Å². The van der Waals surface area contributed by atoms with Crippen LogP contribution in [0.3, 0.4) is 0 Å². The summed E-state index contributed by atoms with van der Waals surface area (Å²) in [7, 11) is 1.75. The van der Waals surface area contributed by atoms with Gasteiger partial charge in [0.05, 0.1) is 6.61 Å². The maximum atomic E-state index is 11.8. The Hall–Kier alpha value is -1.75. The maximum absolute atomic E-state index is 11.8. The van der Waals surface area contributed by atoms with Gasteiger partial charge in [0.2, 0.25) is 5.91 Å². The fourth-order valence-corrected chi connectivity index (χ4v) is 2.02. The predicted octanol–water partition coefficient (Wildman–Crippen LogP) is 3.21. The van der Waals surface area contributed by atoms with E-state index in [1.807, 2.05) is 0 Å². The summed E-state index contributed by atoms with van der Waals surface area (Å²) < 4.78 is 5.55. The summed E-state index contributed by atoms with van der Waals surface area (Å²) >= 11 is 5.79. The first kappa shape index (κ1) is 18.3. The first-order chi connectivity index (χ1) is 10.5. The Morgan fingerprint density at radius 3 is 2.41 bits per heavy atom. The molecule has 22 heavy (non-hydrogen) atoms. The van der Waals surface area contributed by atoms with Crippen LogP contribution in [-0.2, 0) is 9.59 Å². The van der Waals surface area contributed by atoms with E-state index >= 15 is 0 Å². The minimum absolute atomic E-state index is 0.0388. The minimum atomic E-state index is -0.819. The average Bonchev–Trinajstić information content (AvgIpc) is 2.49. The van der Waals surface area contributed by atoms with Crippen LogP contribution >= 0.6 is 11.6 Å². The molecule has 0 spiro atoms. The number of hydrogen-bond acceptors (Lipinski definition) is 3. The van der Waals surface area contributed by atoms with Crippen LogP contribution in [0.15, 0.2) is 24.3 Å². The van der Waals surface area contributed by atoms with Gasteiger partial charge in [-0.1, -0.05) is 11.6 Å². The second-order valence-corrected chi connectivity index (χ2v) is 5.51. The Balaban J connectivity index is 2.11. The fraction of sp³-hybridized carbons (Fsp3) is 0.500. The van der Waals surface area contributed by atoms with Gasteiger partial charge in [-0.05, 0) is 43.5 Å². The minimum Gasteiger partial charge on any atom is -0.494 e. The molecule has 0 aliphatic rings. The monoisotopic (exact) mass is 327 g/mol. The molecule has 0 fully saturated rings. The van der Waals surface area contributed by atoms with Crippen molar-refractivity contribution in [3.8, 4) is 5.75 Å². The van der Waals surface area contributed by atoms with E-state index in [1.54, 1.807) is 36.2 Å². The number of benzene rings is 1. The summed E-state index contributed by atoms with van der Waals surface area (Å²) in [5.74, 6) is -0.0240. The number of amides is 1. The molecule has 0 aliphatic carbocycles. The van der Waals surface area contributed by atoms with E-state index in [0.717, 1.165) is 12.2 Å². The van der Waals surface area contributed by atoms with Crippen LogP contribution in [-0.4, -0.2) is 42.1 Å². The highest BCUT2D eigenvalue weighted by Gasteiger charge is 2.08. The van der Waals surface area contributed by atoms with E-state index in [9.17, 15) is 9.59 Å². The molecular formula is C16H22ClNO4. The van der Waals surface area contributed by atoms with Crippen molar-refractivity contribution in [2.24, 2.45) is 0 Å². The summed E-state index contributed by atoms with van der Waals surface area (Å²) in [6, 6.07) is 7.15. The van der Waals surface area contributed by atoms with Crippen LogP contribution in [0.5, 0.6) is 5.75 Å². The fourth-order valence-electron chi connectivity index (χ4n) is 1.89. The Labute approximate surface area is 135 Å². The van der Waals surface area contributed by atoms with Crippen molar-refractivity contribution in [3.63, 3.8) is 0 Å². The molecular weight excluding hydrogens is 306 g/mol. The Kier molecular flexibility index (Phi) is 8.36. The number of nitrogens with zero attached hydrogens (tertiary/aromatic N) is 1. The highest BCUT2D eigenvalue weighted by atomic mass is 35.5. The lowest BCUT2D eigenvalue weighted by molar-refractivity contribution is -0.137. The van der Waals surface area contributed by atoms with Gasteiger partial charge in [-0.25, -0.2) is 0 Å². The zero-order valence-corrected chi connectivity index (χ0v) is 13.5. The molecule has 0 aromatic heterocycles. The number of carboxylic acid groups (broad SMARTS) is 1. The number of ether oxygens (including phenoxy) is 1. The van der Waals surface area contributed by atoms with Gasteiger partial charge >= 0.3 is 5.97 Å². The molecule has 1 amide bonds. The third-order valence-corrected chi connectivity index (χ3v) is 3.43. The van der Waals surface area contributed by atoms with E-state index in [2.05, 4.69) is 0 Å². The van der Waals surface area contributed by atoms with Crippen molar-refractivity contribution < 1.29 is 19.4 Å².